The zero-order valence-electron chi connectivity index (χ0n) is 12.9. The molecule has 0 fully saturated rings. The van der Waals surface area contributed by atoms with Gasteiger partial charge in [0, 0.05) is 23.4 Å². The fourth-order valence-corrected chi connectivity index (χ4v) is 3.09. The Morgan fingerprint density at radius 1 is 1.35 bits per heavy atom. The number of nitrogens with one attached hydrogen (secondary N) is 1. The summed E-state index contributed by atoms with van der Waals surface area (Å²) in [6, 6.07) is 9.20. The van der Waals surface area contributed by atoms with Crippen molar-refractivity contribution >= 4 is 17.2 Å². The number of carbonyl (C=O) groups is 1. The van der Waals surface area contributed by atoms with E-state index in [4.69, 9.17) is 4.52 Å². The Bertz CT molecular complexity index is 795. The Hall–Kier alpha value is -2.47. The van der Waals surface area contributed by atoms with E-state index in [0.717, 1.165) is 22.0 Å². The van der Waals surface area contributed by atoms with Gasteiger partial charge in [-0.15, -0.1) is 11.3 Å². The monoisotopic (exact) mass is 327 g/mol. The molecule has 3 rings (SSSR count). The molecule has 6 heteroatoms. The van der Waals surface area contributed by atoms with Gasteiger partial charge in [-0.05, 0) is 19.1 Å². The SMILES string of the molecule is Cc1oncc1-c1csc(C(C)CNC(=O)c2ccccc2)n1. The standard InChI is InChI=1S/C17H17N3O2S/c1-11(8-18-16(21)13-6-4-3-5-7-13)17-20-15(10-23-17)14-9-19-22-12(14)2/h3-7,9-11H,8H2,1-2H3,(H,18,21). The summed E-state index contributed by atoms with van der Waals surface area (Å²) in [5.41, 5.74) is 2.44. The lowest BCUT2D eigenvalue weighted by molar-refractivity contribution is 0.0951. The van der Waals surface area contributed by atoms with Crippen LogP contribution in [0.15, 0.2) is 46.4 Å². The lowest BCUT2D eigenvalue weighted by Crippen LogP contribution is -2.27. The van der Waals surface area contributed by atoms with Crippen LogP contribution in [-0.2, 0) is 0 Å². The number of nitrogens with zero attached hydrogens (tertiary/aromatic N) is 2. The minimum atomic E-state index is -0.0656. The molecule has 3 aromatic rings. The van der Waals surface area contributed by atoms with Crippen LogP contribution in [0.2, 0.25) is 0 Å². The minimum Gasteiger partial charge on any atom is -0.361 e. The molecule has 0 aliphatic heterocycles. The maximum Gasteiger partial charge on any atom is 0.251 e. The largest absolute Gasteiger partial charge is 0.361 e. The number of amides is 1. The van der Waals surface area contributed by atoms with Gasteiger partial charge in [-0.25, -0.2) is 4.98 Å². The second-order valence-corrected chi connectivity index (χ2v) is 6.23. The van der Waals surface area contributed by atoms with Crippen LogP contribution in [0.5, 0.6) is 0 Å². The second-order valence-electron chi connectivity index (χ2n) is 5.34. The molecular weight excluding hydrogens is 310 g/mol. The first-order valence-corrected chi connectivity index (χ1v) is 8.23. The first-order valence-electron chi connectivity index (χ1n) is 7.35. The summed E-state index contributed by atoms with van der Waals surface area (Å²) in [5, 5.41) is 9.70. The fourth-order valence-electron chi connectivity index (χ4n) is 2.21. The zero-order chi connectivity index (χ0) is 16.2. The van der Waals surface area contributed by atoms with Crippen LogP contribution in [0.4, 0.5) is 0 Å². The molecule has 23 heavy (non-hydrogen) atoms. The van der Waals surface area contributed by atoms with Crippen molar-refractivity contribution in [3.05, 3.63) is 58.2 Å². The molecule has 2 heterocycles. The highest BCUT2D eigenvalue weighted by Crippen LogP contribution is 2.28. The summed E-state index contributed by atoms with van der Waals surface area (Å²) in [7, 11) is 0. The van der Waals surface area contributed by atoms with Crippen LogP contribution in [0.25, 0.3) is 11.3 Å². The highest BCUT2D eigenvalue weighted by molar-refractivity contribution is 7.10. The molecule has 1 atom stereocenters. The molecule has 0 bridgehead atoms. The predicted molar refractivity (Wildman–Crippen MR) is 89.5 cm³/mol. The molecule has 0 saturated heterocycles. The van der Waals surface area contributed by atoms with Gasteiger partial charge in [0.1, 0.15) is 5.76 Å². The molecule has 0 spiro atoms. The summed E-state index contributed by atoms with van der Waals surface area (Å²) in [4.78, 5) is 16.7. The van der Waals surface area contributed by atoms with Gasteiger partial charge in [0.05, 0.1) is 22.5 Å². The molecule has 1 unspecified atom stereocenters. The Labute approximate surface area is 138 Å². The van der Waals surface area contributed by atoms with Crippen LogP contribution >= 0.6 is 11.3 Å². The third-order valence-electron chi connectivity index (χ3n) is 3.57. The van der Waals surface area contributed by atoms with E-state index in [9.17, 15) is 4.79 Å². The van der Waals surface area contributed by atoms with Crippen molar-refractivity contribution in [3.8, 4) is 11.3 Å². The maximum atomic E-state index is 12.1. The molecule has 0 aliphatic rings. The Kier molecular flexibility index (Phi) is 4.52. The highest BCUT2D eigenvalue weighted by atomic mass is 32.1. The summed E-state index contributed by atoms with van der Waals surface area (Å²) < 4.78 is 5.07. The van der Waals surface area contributed by atoms with Gasteiger partial charge in [-0.1, -0.05) is 30.3 Å². The molecule has 1 N–H and O–H groups in total. The molecule has 0 saturated carbocycles. The first kappa shape index (κ1) is 15.4. The number of benzene rings is 1. The number of aromatic nitrogens is 2. The molecule has 0 radical (unpaired) electrons. The highest BCUT2D eigenvalue weighted by Gasteiger charge is 2.15. The normalized spacial score (nSPS) is 12.1. The van der Waals surface area contributed by atoms with Crippen molar-refractivity contribution in [1.29, 1.82) is 0 Å². The number of carbonyl (C=O) groups excluding carboxylic acids is 1. The number of hydrogen-bond donors (Lipinski definition) is 1. The van der Waals surface area contributed by atoms with Crippen LogP contribution in [-0.4, -0.2) is 22.6 Å². The maximum absolute atomic E-state index is 12.1. The van der Waals surface area contributed by atoms with Gasteiger partial charge < -0.3 is 9.84 Å². The average molecular weight is 327 g/mol. The number of rotatable bonds is 5. The molecule has 5 nitrogen and oxygen atoms in total. The van der Waals surface area contributed by atoms with E-state index in [1.165, 1.54) is 0 Å². The average Bonchev–Trinajstić information content (AvgIpc) is 3.21. The number of aryl methyl sites for hydroxylation is 1. The van der Waals surface area contributed by atoms with Gasteiger partial charge in [0.15, 0.2) is 0 Å². The molecule has 1 amide bonds. The summed E-state index contributed by atoms with van der Waals surface area (Å²) >= 11 is 1.58. The lowest BCUT2D eigenvalue weighted by Gasteiger charge is -2.10. The fraction of sp³-hybridized carbons (Fsp3) is 0.235. The topological polar surface area (TPSA) is 68.0 Å². The second kappa shape index (κ2) is 6.75. The van der Waals surface area contributed by atoms with Gasteiger partial charge in [0.25, 0.3) is 5.91 Å². The number of hydrogen-bond acceptors (Lipinski definition) is 5. The van der Waals surface area contributed by atoms with Gasteiger partial charge in [0.2, 0.25) is 0 Å². The van der Waals surface area contributed by atoms with E-state index < -0.39 is 0 Å². The van der Waals surface area contributed by atoms with Gasteiger partial charge in [-0.3, -0.25) is 4.79 Å². The van der Waals surface area contributed by atoms with E-state index >= 15 is 0 Å². The summed E-state index contributed by atoms with van der Waals surface area (Å²) in [5.74, 6) is 0.831. The first-order chi connectivity index (χ1) is 11.1. The smallest absolute Gasteiger partial charge is 0.251 e. The van der Waals surface area contributed by atoms with E-state index in [0.29, 0.717) is 12.1 Å². The van der Waals surface area contributed by atoms with Crippen LogP contribution < -0.4 is 5.32 Å². The quantitative estimate of drug-likeness (QED) is 0.777. The van der Waals surface area contributed by atoms with E-state index in [-0.39, 0.29) is 11.8 Å². The summed E-state index contributed by atoms with van der Waals surface area (Å²) in [6.07, 6.45) is 1.68. The van der Waals surface area contributed by atoms with Crippen molar-refractivity contribution in [2.24, 2.45) is 0 Å². The van der Waals surface area contributed by atoms with Gasteiger partial charge in [-0.2, -0.15) is 0 Å². The van der Waals surface area contributed by atoms with Crippen molar-refractivity contribution in [2.75, 3.05) is 6.54 Å². The Balaban J connectivity index is 1.63. The predicted octanol–water partition coefficient (Wildman–Crippen LogP) is 3.64. The van der Waals surface area contributed by atoms with Crippen LogP contribution in [0.3, 0.4) is 0 Å². The lowest BCUT2D eigenvalue weighted by atomic mass is 10.1. The molecule has 118 valence electrons. The molecule has 2 aromatic heterocycles. The number of thiazole rings is 1. The van der Waals surface area contributed by atoms with Crippen molar-refractivity contribution in [3.63, 3.8) is 0 Å². The van der Waals surface area contributed by atoms with E-state index in [2.05, 4.69) is 15.5 Å². The van der Waals surface area contributed by atoms with Crippen molar-refractivity contribution in [2.45, 2.75) is 19.8 Å². The molecular formula is C17H17N3O2S. The Morgan fingerprint density at radius 2 is 2.13 bits per heavy atom. The van der Waals surface area contributed by atoms with Crippen LogP contribution in [0.1, 0.15) is 34.0 Å². The zero-order valence-corrected chi connectivity index (χ0v) is 13.8. The van der Waals surface area contributed by atoms with Gasteiger partial charge >= 0.3 is 0 Å². The van der Waals surface area contributed by atoms with Crippen molar-refractivity contribution in [1.82, 2.24) is 15.5 Å². The van der Waals surface area contributed by atoms with E-state index in [1.54, 1.807) is 29.7 Å². The minimum absolute atomic E-state index is 0.0656. The summed E-state index contributed by atoms with van der Waals surface area (Å²) in [6.45, 7) is 4.46. The third-order valence-corrected chi connectivity index (χ3v) is 4.65. The molecule has 0 aliphatic carbocycles. The van der Waals surface area contributed by atoms with Crippen LogP contribution in [0, 0.1) is 6.92 Å². The van der Waals surface area contributed by atoms with E-state index in [1.807, 2.05) is 37.4 Å². The van der Waals surface area contributed by atoms with Crippen molar-refractivity contribution < 1.29 is 9.32 Å². The Morgan fingerprint density at radius 3 is 2.83 bits per heavy atom. The molecule has 1 aromatic carbocycles. The third kappa shape index (κ3) is 3.48.